The van der Waals surface area contributed by atoms with E-state index in [0.717, 1.165) is 12.8 Å². The van der Waals surface area contributed by atoms with Gasteiger partial charge in [-0.25, -0.2) is 0 Å². The first-order chi connectivity index (χ1) is 9.11. The zero-order valence-electron chi connectivity index (χ0n) is 12.8. The third kappa shape index (κ3) is 11.4. The van der Waals surface area contributed by atoms with Crippen LogP contribution >= 0.6 is 0 Å². The normalized spacial score (nSPS) is 14.8. The fourth-order valence-corrected chi connectivity index (χ4v) is 1.68. The monoisotopic (exact) mass is 276 g/mol. The van der Waals surface area contributed by atoms with Gasteiger partial charge in [-0.3, -0.25) is 0 Å². The number of aliphatic hydroxyl groups excluding tert-OH is 2. The predicted octanol–water partition coefficient (Wildman–Crippen LogP) is 2.37. The molecule has 116 valence electrons. The molecule has 2 atom stereocenters. The van der Waals surface area contributed by atoms with Gasteiger partial charge in [-0.2, -0.15) is 0 Å². The molecule has 0 aliphatic rings. The van der Waals surface area contributed by atoms with Gasteiger partial charge in [0.2, 0.25) is 0 Å². The van der Waals surface area contributed by atoms with Gasteiger partial charge in [-0.15, -0.1) is 0 Å². The topological polar surface area (TPSA) is 58.9 Å². The molecule has 0 saturated carbocycles. The van der Waals surface area contributed by atoms with Gasteiger partial charge in [-0.05, 0) is 18.8 Å². The van der Waals surface area contributed by atoms with Crippen LogP contribution in [0.5, 0.6) is 0 Å². The van der Waals surface area contributed by atoms with Gasteiger partial charge < -0.3 is 19.7 Å². The summed E-state index contributed by atoms with van der Waals surface area (Å²) in [7, 11) is 0. The SMILES string of the molecule is CCCCCCOCC(O)C(CO)OCCC(C)C. The average molecular weight is 276 g/mol. The van der Waals surface area contributed by atoms with Gasteiger partial charge >= 0.3 is 0 Å². The maximum absolute atomic E-state index is 9.87. The Morgan fingerprint density at radius 3 is 2.37 bits per heavy atom. The van der Waals surface area contributed by atoms with Crippen LogP contribution in [-0.4, -0.2) is 48.8 Å². The van der Waals surface area contributed by atoms with Crippen molar-refractivity contribution >= 4 is 0 Å². The second-order valence-corrected chi connectivity index (χ2v) is 5.48. The van der Waals surface area contributed by atoms with E-state index in [9.17, 15) is 10.2 Å². The molecule has 4 heteroatoms. The van der Waals surface area contributed by atoms with Crippen molar-refractivity contribution in [3.05, 3.63) is 0 Å². The highest BCUT2D eigenvalue weighted by Crippen LogP contribution is 2.06. The van der Waals surface area contributed by atoms with Crippen LogP contribution in [0, 0.1) is 5.92 Å². The summed E-state index contributed by atoms with van der Waals surface area (Å²) in [5.74, 6) is 0.561. The van der Waals surface area contributed by atoms with Crippen molar-refractivity contribution in [1.82, 2.24) is 0 Å². The first-order valence-electron chi connectivity index (χ1n) is 7.60. The molecule has 0 spiro atoms. The van der Waals surface area contributed by atoms with Crippen LogP contribution in [0.1, 0.15) is 52.9 Å². The Kier molecular flexibility index (Phi) is 12.7. The van der Waals surface area contributed by atoms with E-state index < -0.39 is 12.2 Å². The minimum absolute atomic E-state index is 0.168. The standard InChI is InChI=1S/C15H32O4/c1-4-5-6-7-9-18-12-14(17)15(11-16)19-10-8-13(2)3/h13-17H,4-12H2,1-3H3. The Balaban J connectivity index is 3.61. The van der Waals surface area contributed by atoms with Crippen molar-refractivity contribution in [3.8, 4) is 0 Å². The quantitative estimate of drug-likeness (QED) is 0.507. The zero-order valence-corrected chi connectivity index (χ0v) is 12.8. The third-order valence-corrected chi connectivity index (χ3v) is 3.07. The first kappa shape index (κ1) is 18.8. The van der Waals surface area contributed by atoms with Gasteiger partial charge in [0.15, 0.2) is 0 Å². The summed E-state index contributed by atoms with van der Waals surface area (Å²) in [6.45, 7) is 7.71. The van der Waals surface area contributed by atoms with Gasteiger partial charge in [0.05, 0.1) is 13.2 Å². The number of ether oxygens (including phenoxy) is 2. The molecule has 0 aliphatic carbocycles. The van der Waals surface area contributed by atoms with Crippen molar-refractivity contribution in [2.24, 2.45) is 5.92 Å². The van der Waals surface area contributed by atoms with Crippen LogP contribution in [0.2, 0.25) is 0 Å². The Morgan fingerprint density at radius 1 is 1.05 bits per heavy atom. The number of rotatable bonds is 13. The van der Waals surface area contributed by atoms with E-state index in [1.165, 1.54) is 19.3 Å². The van der Waals surface area contributed by atoms with Crippen LogP contribution in [0.25, 0.3) is 0 Å². The summed E-state index contributed by atoms with van der Waals surface area (Å²) >= 11 is 0. The third-order valence-electron chi connectivity index (χ3n) is 3.07. The Hall–Kier alpha value is -0.160. The lowest BCUT2D eigenvalue weighted by Gasteiger charge is -2.22. The van der Waals surface area contributed by atoms with Gasteiger partial charge in [0.25, 0.3) is 0 Å². The molecule has 0 aromatic carbocycles. The molecule has 0 heterocycles. The highest BCUT2D eigenvalue weighted by Gasteiger charge is 2.19. The van der Waals surface area contributed by atoms with Gasteiger partial charge in [0, 0.05) is 13.2 Å². The Morgan fingerprint density at radius 2 is 1.79 bits per heavy atom. The van der Waals surface area contributed by atoms with E-state index in [-0.39, 0.29) is 13.2 Å². The average Bonchev–Trinajstić information content (AvgIpc) is 2.38. The molecule has 2 unspecified atom stereocenters. The maximum atomic E-state index is 9.87. The molecule has 0 aromatic rings. The zero-order chi connectivity index (χ0) is 14.5. The van der Waals surface area contributed by atoms with Gasteiger partial charge in [-0.1, -0.05) is 40.0 Å². The lowest BCUT2D eigenvalue weighted by Crippen LogP contribution is -2.36. The molecule has 0 saturated heterocycles. The van der Waals surface area contributed by atoms with Crippen molar-refractivity contribution in [3.63, 3.8) is 0 Å². The second kappa shape index (κ2) is 12.9. The van der Waals surface area contributed by atoms with E-state index in [1.807, 2.05) is 0 Å². The Bertz CT molecular complexity index is 185. The van der Waals surface area contributed by atoms with E-state index in [2.05, 4.69) is 20.8 Å². The van der Waals surface area contributed by atoms with Crippen LogP contribution in [0.15, 0.2) is 0 Å². The van der Waals surface area contributed by atoms with Gasteiger partial charge in [0.1, 0.15) is 12.2 Å². The molecule has 4 nitrogen and oxygen atoms in total. The van der Waals surface area contributed by atoms with Crippen molar-refractivity contribution in [1.29, 1.82) is 0 Å². The van der Waals surface area contributed by atoms with Crippen molar-refractivity contribution < 1.29 is 19.7 Å². The lowest BCUT2D eigenvalue weighted by molar-refractivity contribution is -0.0924. The molecule has 0 aliphatic heterocycles. The lowest BCUT2D eigenvalue weighted by atomic mass is 10.1. The molecule has 0 rings (SSSR count). The van der Waals surface area contributed by atoms with Crippen molar-refractivity contribution in [2.75, 3.05) is 26.4 Å². The summed E-state index contributed by atoms with van der Waals surface area (Å²) in [6, 6.07) is 0. The molecule has 2 N–H and O–H groups in total. The van der Waals surface area contributed by atoms with E-state index in [0.29, 0.717) is 19.1 Å². The predicted molar refractivity (Wildman–Crippen MR) is 77.2 cm³/mol. The summed E-state index contributed by atoms with van der Waals surface area (Å²) in [4.78, 5) is 0. The molecule has 0 fully saturated rings. The molecule has 0 amide bonds. The largest absolute Gasteiger partial charge is 0.394 e. The maximum Gasteiger partial charge on any atom is 0.109 e. The van der Waals surface area contributed by atoms with Crippen molar-refractivity contribution in [2.45, 2.75) is 65.1 Å². The van der Waals surface area contributed by atoms with E-state index >= 15 is 0 Å². The molecular formula is C15H32O4. The van der Waals surface area contributed by atoms with E-state index in [1.54, 1.807) is 0 Å². The molecule has 0 aromatic heterocycles. The summed E-state index contributed by atoms with van der Waals surface area (Å²) < 4.78 is 10.9. The summed E-state index contributed by atoms with van der Waals surface area (Å²) in [5, 5.41) is 19.1. The number of unbranched alkanes of at least 4 members (excludes halogenated alkanes) is 3. The number of hydrogen-bond acceptors (Lipinski definition) is 4. The smallest absolute Gasteiger partial charge is 0.109 e. The van der Waals surface area contributed by atoms with Crippen LogP contribution in [-0.2, 0) is 9.47 Å². The number of hydrogen-bond donors (Lipinski definition) is 2. The highest BCUT2D eigenvalue weighted by atomic mass is 16.5. The highest BCUT2D eigenvalue weighted by molar-refractivity contribution is 4.67. The fraction of sp³-hybridized carbons (Fsp3) is 1.00. The number of aliphatic hydroxyl groups is 2. The molecular weight excluding hydrogens is 244 g/mol. The molecule has 19 heavy (non-hydrogen) atoms. The summed E-state index contributed by atoms with van der Waals surface area (Å²) in [5.41, 5.74) is 0. The van der Waals surface area contributed by atoms with Crippen LogP contribution in [0.4, 0.5) is 0 Å². The molecule has 0 radical (unpaired) electrons. The first-order valence-corrected chi connectivity index (χ1v) is 7.60. The second-order valence-electron chi connectivity index (χ2n) is 5.48. The fourth-order valence-electron chi connectivity index (χ4n) is 1.68. The minimum Gasteiger partial charge on any atom is -0.394 e. The van der Waals surface area contributed by atoms with E-state index in [4.69, 9.17) is 9.47 Å². The summed E-state index contributed by atoms with van der Waals surface area (Å²) in [6.07, 6.45) is 4.28. The minimum atomic E-state index is -0.747. The van der Waals surface area contributed by atoms with Crippen LogP contribution in [0.3, 0.4) is 0 Å². The molecule has 0 bridgehead atoms. The Labute approximate surface area is 118 Å². The van der Waals surface area contributed by atoms with Crippen LogP contribution < -0.4 is 0 Å².